The third kappa shape index (κ3) is 6.52. The third-order valence-corrected chi connectivity index (χ3v) is 3.97. The van der Waals surface area contributed by atoms with Crippen LogP contribution in [-0.2, 0) is 0 Å². The second kappa shape index (κ2) is 9.04. The van der Waals surface area contributed by atoms with Gasteiger partial charge in [0.2, 0.25) is 0 Å². The summed E-state index contributed by atoms with van der Waals surface area (Å²) in [6.07, 6.45) is 15.7. The van der Waals surface area contributed by atoms with Crippen molar-refractivity contribution in [1.29, 1.82) is 0 Å². The van der Waals surface area contributed by atoms with Gasteiger partial charge in [0.1, 0.15) is 0 Å². The van der Waals surface area contributed by atoms with E-state index in [4.69, 9.17) is 0 Å². The first kappa shape index (κ1) is 14.0. The van der Waals surface area contributed by atoms with Gasteiger partial charge in [-0.1, -0.05) is 71.1 Å². The normalized spacial score (nSPS) is 19.1. The molecular formula is C15H30O. The summed E-state index contributed by atoms with van der Waals surface area (Å²) in [5.41, 5.74) is 0. The Kier molecular flexibility index (Phi) is 7.92. The van der Waals surface area contributed by atoms with E-state index in [1.54, 1.807) is 0 Å². The van der Waals surface area contributed by atoms with Gasteiger partial charge in [-0.3, -0.25) is 0 Å². The van der Waals surface area contributed by atoms with E-state index in [9.17, 15) is 5.11 Å². The van der Waals surface area contributed by atoms with Crippen LogP contribution in [0.4, 0.5) is 0 Å². The fraction of sp³-hybridized carbons (Fsp3) is 1.00. The predicted molar refractivity (Wildman–Crippen MR) is 70.6 cm³/mol. The molecule has 1 nitrogen and oxygen atoms in total. The number of hydrogen-bond donors (Lipinski definition) is 1. The first-order valence-corrected chi connectivity index (χ1v) is 7.51. The van der Waals surface area contributed by atoms with Crippen LogP contribution in [0.1, 0.15) is 84.0 Å². The maximum absolute atomic E-state index is 9.91. The first-order valence-electron chi connectivity index (χ1n) is 7.51. The minimum absolute atomic E-state index is 0.00530. The van der Waals surface area contributed by atoms with E-state index in [0.717, 1.165) is 18.8 Å². The second-order valence-corrected chi connectivity index (χ2v) is 5.60. The minimum atomic E-state index is -0.00530. The Bertz CT molecular complexity index is 150. The van der Waals surface area contributed by atoms with E-state index in [-0.39, 0.29) is 6.10 Å². The maximum atomic E-state index is 9.91. The molecule has 0 aromatic carbocycles. The molecule has 0 aromatic rings. The van der Waals surface area contributed by atoms with Gasteiger partial charge in [0.05, 0.1) is 6.10 Å². The van der Waals surface area contributed by atoms with Crippen molar-refractivity contribution in [2.24, 2.45) is 5.92 Å². The summed E-state index contributed by atoms with van der Waals surface area (Å²) in [5, 5.41) is 9.91. The van der Waals surface area contributed by atoms with Crippen molar-refractivity contribution in [3.63, 3.8) is 0 Å². The molecule has 0 amide bonds. The highest BCUT2D eigenvalue weighted by molar-refractivity contribution is 4.71. The molecular weight excluding hydrogens is 196 g/mol. The predicted octanol–water partition coefficient (Wildman–Crippen LogP) is 4.68. The Balaban J connectivity index is 1.87. The quantitative estimate of drug-likeness (QED) is 0.566. The number of unbranched alkanes of at least 4 members (excludes halogenated alkanes) is 5. The standard InChI is InChI=1S/C15H30O/c1-2-3-4-5-6-7-12-15(16)13-14-10-8-9-11-14/h14-16H,2-13H2,1H3. The number of aliphatic hydroxyl groups excluding tert-OH is 1. The zero-order valence-corrected chi connectivity index (χ0v) is 11.1. The Morgan fingerprint density at radius 1 is 1.00 bits per heavy atom. The summed E-state index contributed by atoms with van der Waals surface area (Å²) in [5.74, 6) is 0.843. The van der Waals surface area contributed by atoms with Gasteiger partial charge >= 0.3 is 0 Å². The lowest BCUT2D eigenvalue weighted by Gasteiger charge is -2.14. The smallest absolute Gasteiger partial charge is 0.0542 e. The molecule has 0 aliphatic heterocycles. The van der Waals surface area contributed by atoms with Gasteiger partial charge in [-0.2, -0.15) is 0 Å². The molecule has 0 saturated heterocycles. The van der Waals surface area contributed by atoms with E-state index < -0.39 is 0 Å². The number of rotatable bonds is 9. The molecule has 1 N–H and O–H groups in total. The Morgan fingerprint density at radius 3 is 2.31 bits per heavy atom. The molecule has 1 atom stereocenters. The van der Waals surface area contributed by atoms with Gasteiger partial charge in [0.25, 0.3) is 0 Å². The van der Waals surface area contributed by atoms with Crippen LogP contribution in [0.3, 0.4) is 0 Å². The Hall–Kier alpha value is -0.0400. The molecule has 96 valence electrons. The van der Waals surface area contributed by atoms with Crippen molar-refractivity contribution < 1.29 is 5.11 Å². The lowest BCUT2D eigenvalue weighted by atomic mass is 9.96. The zero-order valence-electron chi connectivity index (χ0n) is 11.1. The van der Waals surface area contributed by atoms with Crippen LogP contribution < -0.4 is 0 Å². The fourth-order valence-corrected chi connectivity index (χ4v) is 2.91. The van der Waals surface area contributed by atoms with Crippen molar-refractivity contribution in [3.05, 3.63) is 0 Å². The summed E-state index contributed by atoms with van der Waals surface area (Å²) in [6.45, 7) is 2.26. The van der Waals surface area contributed by atoms with Crippen molar-refractivity contribution in [2.75, 3.05) is 0 Å². The molecule has 1 heteroatoms. The van der Waals surface area contributed by atoms with Crippen molar-refractivity contribution in [1.82, 2.24) is 0 Å². The highest BCUT2D eigenvalue weighted by atomic mass is 16.3. The lowest BCUT2D eigenvalue weighted by molar-refractivity contribution is 0.130. The monoisotopic (exact) mass is 226 g/mol. The molecule has 1 aliphatic carbocycles. The maximum Gasteiger partial charge on any atom is 0.0542 e. The summed E-state index contributed by atoms with van der Waals surface area (Å²) < 4.78 is 0. The summed E-state index contributed by atoms with van der Waals surface area (Å²) in [7, 11) is 0. The molecule has 0 bridgehead atoms. The molecule has 1 saturated carbocycles. The van der Waals surface area contributed by atoms with E-state index in [2.05, 4.69) is 6.92 Å². The number of hydrogen-bond acceptors (Lipinski definition) is 1. The van der Waals surface area contributed by atoms with Gasteiger partial charge < -0.3 is 5.11 Å². The SMILES string of the molecule is CCCCCCCCC(O)CC1CCCC1. The van der Waals surface area contributed by atoms with Crippen molar-refractivity contribution >= 4 is 0 Å². The Labute approximate surface area is 102 Å². The average Bonchev–Trinajstić information content (AvgIpc) is 2.76. The molecule has 0 aromatic heterocycles. The molecule has 1 aliphatic rings. The van der Waals surface area contributed by atoms with Crippen molar-refractivity contribution in [2.45, 2.75) is 90.1 Å². The van der Waals surface area contributed by atoms with Gasteiger partial charge in [-0.15, -0.1) is 0 Å². The van der Waals surface area contributed by atoms with Gasteiger partial charge in [-0.25, -0.2) is 0 Å². The van der Waals surface area contributed by atoms with Crippen molar-refractivity contribution in [3.8, 4) is 0 Å². The summed E-state index contributed by atoms with van der Waals surface area (Å²) in [4.78, 5) is 0. The lowest BCUT2D eigenvalue weighted by Crippen LogP contribution is -2.11. The van der Waals surface area contributed by atoms with E-state index >= 15 is 0 Å². The van der Waals surface area contributed by atoms with Crippen LogP contribution in [-0.4, -0.2) is 11.2 Å². The van der Waals surface area contributed by atoms with Crippen LogP contribution in [0.2, 0.25) is 0 Å². The molecule has 0 spiro atoms. The second-order valence-electron chi connectivity index (χ2n) is 5.60. The molecule has 16 heavy (non-hydrogen) atoms. The molecule has 0 heterocycles. The van der Waals surface area contributed by atoms with E-state index in [1.807, 2.05) is 0 Å². The van der Waals surface area contributed by atoms with Gasteiger partial charge in [0.15, 0.2) is 0 Å². The van der Waals surface area contributed by atoms with Gasteiger partial charge in [-0.05, 0) is 18.8 Å². The van der Waals surface area contributed by atoms with Crippen LogP contribution in [0.5, 0.6) is 0 Å². The molecule has 1 unspecified atom stereocenters. The first-order chi connectivity index (χ1) is 7.83. The highest BCUT2D eigenvalue weighted by Gasteiger charge is 2.18. The van der Waals surface area contributed by atoms with Crippen LogP contribution in [0.15, 0.2) is 0 Å². The molecule has 1 rings (SSSR count). The largest absolute Gasteiger partial charge is 0.393 e. The van der Waals surface area contributed by atoms with Crippen LogP contribution in [0.25, 0.3) is 0 Å². The summed E-state index contributed by atoms with van der Waals surface area (Å²) >= 11 is 0. The van der Waals surface area contributed by atoms with E-state index in [0.29, 0.717) is 0 Å². The summed E-state index contributed by atoms with van der Waals surface area (Å²) in [6, 6.07) is 0. The van der Waals surface area contributed by atoms with Crippen LogP contribution in [0, 0.1) is 5.92 Å². The Morgan fingerprint density at radius 2 is 1.62 bits per heavy atom. The molecule has 0 radical (unpaired) electrons. The number of aliphatic hydroxyl groups is 1. The molecule has 1 fully saturated rings. The topological polar surface area (TPSA) is 20.2 Å². The minimum Gasteiger partial charge on any atom is -0.393 e. The van der Waals surface area contributed by atoms with E-state index in [1.165, 1.54) is 64.2 Å². The third-order valence-electron chi connectivity index (χ3n) is 3.97. The van der Waals surface area contributed by atoms with Gasteiger partial charge in [0, 0.05) is 0 Å². The highest BCUT2D eigenvalue weighted by Crippen LogP contribution is 2.29. The van der Waals surface area contributed by atoms with Crippen LogP contribution >= 0.6 is 0 Å². The fourth-order valence-electron chi connectivity index (χ4n) is 2.91. The zero-order chi connectivity index (χ0) is 11.6. The average molecular weight is 226 g/mol.